The zero-order chi connectivity index (χ0) is 11.8. The number of piperidine rings is 1. The lowest BCUT2D eigenvalue weighted by atomic mass is 9.95. The Morgan fingerprint density at radius 1 is 1.35 bits per heavy atom. The van der Waals surface area contributed by atoms with E-state index in [-0.39, 0.29) is 0 Å². The first-order chi connectivity index (χ1) is 8.26. The van der Waals surface area contributed by atoms with Gasteiger partial charge < -0.3 is 9.15 Å². The summed E-state index contributed by atoms with van der Waals surface area (Å²) in [7, 11) is 1.85. The molecular weight excluding hydrogens is 238 g/mol. The van der Waals surface area contributed by atoms with E-state index in [4.69, 9.17) is 20.8 Å². The molecule has 2 heterocycles. The maximum atomic E-state index is 5.79. The number of hydrogen-bond acceptors (Lipinski definition) is 3. The highest BCUT2D eigenvalue weighted by atomic mass is 35.5. The number of rotatable bonds is 3. The summed E-state index contributed by atoms with van der Waals surface area (Å²) >= 11 is 5.79. The van der Waals surface area contributed by atoms with Gasteiger partial charge in [-0.15, -0.1) is 0 Å². The van der Waals surface area contributed by atoms with E-state index in [1.165, 1.54) is 12.8 Å². The van der Waals surface area contributed by atoms with Gasteiger partial charge in [-0.05, 0) is 48.4 Å². The third kappa shape index (κ3) is 2.24. The first-order valence-corrected chi connectivity index (χ1v) is 6.63. The molecule has 1 saturated heterocycles. The van der Waals surface area contributed by atoms with Crippen LogP contribution in [0, 0.1) is 11.8 Å². The molecule has 1 saturated carbocycles. The lowest BCUT2D eigenvalue weighted by Gasteiger charge is -2.36. The number of methoxy groups -OCH3 is 1. The second kappa shape index (κ2) is 4.63. The molecule has 2 aliphatic rings. The van der Waals surface area contributed by atoms with Gasteiger partial charge in [0.1, 0.15) is 5.76 Å². The number of ether oxygens (including phenoxy) is 1. The number of likely N-dealkylation sites (tertiary alicyclic amines) is 1. The molecule has 1 unspecified atom stereocenters. The van der Waals surface area contributed by atoms with Crippen LogP contribution >= 0.6 is 11.6 Å². The number of fused-ring (bicyclic) bond motifs is 2. The molecule has 17 heavy (non-hydrogen) atoms. The third-order valence-electron chi connectivity index (χ3n) is 4.10. The lowest BCUT2D eigenvalue weighted by molar-refractivity contribution is -0.0194. The Morgan fingerprint density at radius 3 is 2.59 bits per heavy atom. The Morgan fingerprint density at radius 2 is 2.06 bits per heavy atom. The summed E-state index contributed by atoms with van der Waals surface area (Å²) in [6.07, 6.45) is 3.09. The van der Waals surface area contributed by atoms with Gasteiger partial charge in [0.15, 0.2) is 5.22 Å². The van der Waals surface area contributed by atoms with Crippen LogP contribution < -0.4 is 0 Å². The summed E-state index contributed by atoms with van der Waals surface area (Å²) in [6, 6.07) is 3.78. The van der Waals surface area contributed by atoms with Crippen molar-refractivity contribution in [2.45, 2.75) is 25.5 Å². The predicted octanol–water partition coefficient (Wildman–Crippen LogP) is 2.79. The molecule has 3 rings (SSSR count). The second-order valence-corrected chi connectivity index (χ2v) is 5.57. The minimum atomic E-state index is 0.478. The highest BCUT2D eigenvalue weighted by molar-refractivity contribution is 6.28. The van der Waals surface area contributed by atoms with Gasteiger partial charge in [-0.2, -0.15) is 0 Å². The predicted molar refractivity (Wildman–Crippen MR) is 66.0 cm³/mol. The maximum absolute atomic E-state index is 5.79. The molecule has 3 atom stereocenters. The van der Waals surface area contributed by atoms with Crippen molar-refractivity contribution in [3.8, 4) is 0 Å². The van der Waals surface area contributed by atoms with E-state index in [1.54, 1.807) is 0 Å². The van der Waals surface area contributed by atoms with Crippen LogP contribution in [0.1, 0.15) is 18.6 Å². The summed E-state index contributed by atoms with van der Waals surface area (Å²) < 4.78 is 11.0. The van der Waals surface area contributed by atoms with Crippen molar-refractivity contribution in [3.05, 3.63) is 23.1 Å². The lowest BCUT2D eigenvalue weighted by Crippen LogP contribution is -2.44. The van der Waals surface area contributed by atoms with Crippen molar-refractivity contribution in [2.75, 3.05) is 20.2 Å². The summed E-state index contributed by atoms with van der Waals surface area (Å²) in [5, 5.41) is 0.481. The van der Waals surface area contributed by atoms with Crippen LogP contribution in [0.4, 0.5) is 0 Å². The van der Waals surface area contributed by atoms with E-state index in [2.05, 4.69) is 4.90 Å². The van der Waals surface area contributed by atoms with Crippen molar-refractivity contribution < 1.29 is 9.15 Å². The van der Waals surface area contributed by atoms with Gasteiger partial charge in [-0.1, -0.05) is 0 Å². The Labute approximate surface area is 107 Å². The molecule has 4 heteroatoms. The number of hydrogen-bond donors (Lipinski definition) is 0. The first kappa shape index (κ1) is 11.6. The van der Waals surface area contributed by atoms with Crippen molar-refractivity contribution in [1.82, 2.24) is 4.90 Å². The topological polar surface area (TPSA) is 25.6 Å². The largest absolute Gasteiger partial charge is 0.448 e. The Hall–Kier alpha value is -0.510. The Balaban J connectivity index is 1.64. The molecule has 0 spiro atoms. The molecular formula is C13H18ClNO2. The summed E-state index contributed by atoms with van der Waals surface area (Å²) in [5.74, 6) is 2.36. The van der Waals surface area contributed by atoms with Crippen LogP contribution in [0.25, 0.3) is 0 Å². The van der Waals surface area contributed by atoms with E-state index >= 15 is 0 Å². The molecule has 1 aromatic heterocycles. The normalized spacial score (nSPS) is 33.2. The van der Waals surface area contributed by atoms with Crippen LogP contribution in [0.5, 0.6) is 0 Å². The van der Waals surface area contributed by atoms with E-state index in [0.717, 1.165) is 25.4 Å². The minimum Gasteiger partial charge on any atom is -0.448 e. The standard InChI is InChI=1S/C13H18ClNO2/c1-16-13-9-2-3-10(13)7-15(6-9)8-11-4-5-12(14)17-11/h4-5,9-10,13H,2-3,6-8H2,1H3/t9-,10+,13?. The molecule has 1 aromatic rings. The molecule has 3 nitrogen and oxygen atoms in total. The van der Waals surface area contributed by atoms with E-state index < -0.39 is 0 Å². The summed E-state index contributed by atoms with van der Waals surface area (Å²) in [6.45, 7) is 3.11. The highest BCUT2D eigenvalue weighted by Crippen LogP contribution is 2.39. The molecule has 0 amide bonds. The van der Waals surface area contributed by atoms with Gasteiger partial charge in [-0.3, -0.25) is 4.90 Å². The molecule has 0 aromatic carbocycles. The fraction of sp³-hybridized carbons (Fsp3) is 0.692. The zero-order valence-corrected chi connectivity index (χ0v) is 10.8. The maximum Gasteiger partial charge on any atom is 0.193 e. The third-order valence-corrected chi connectivity index (χ3v) is 4.31. The molecule has 94 valence electrons. The molecule has 1 aliphatic carbocycles. The average molecular weight is 256 g/mol. The van der Waals surface area contributed by atoms with Gasteiger partial charge in [0, 0.05) is 20.2 Å². The SMILES string of the molecule is COC1[C@@H]2CC[C@H]1CN(Cc1ccc(Cl)o1)C2. The molecule has 0 N–H and O–H groups in total. The van der Waals surface area contributed by atoms with Crippen molar-refractivity contribution >= 4 is 11.6 Å². The van der Waals surface area contributed by atoms with Crippen LogP contribution in [0.2, 0.25) is 5.22 Å². The summed E-state index contributed by atoms with van der Waals surface area (Å²) in [4.78, 5) is 2.47. The molecule has 1 aliphatic heterocycles. The van der Waals surface area contributed by atoms with Crippen LogP contribution in [-0.4, -0.2) is 31.2 Å². The highest BCUT2D eigenvalue weighted by Gasteiger charge is 2.42. The number of halogens is 1. The second-order valence-electron chi connectivity index (χ2n) is 5.20. The molecule has 2 bridgehead atoms. The van der Waals surface area contributed by atoms with Crippen LogP contribution in [0.3, 0.4) is 0 Å². The number of furan rings is 1. The van der Waals surface area contributed by atoms with E-state index in [0.29, 0.717) is 23.2 Å². The minimum absolute atomic E-state index is 0.478. The smallest absolute Gasteiger partial charge is 0.193 e. The average Bonchev–Trinajstić information content (AvgIpc) is 2.81. The Kier molecular flexibility index (Phi) is 3.16. The van der Waals surface area contributed by atoms with Gasteiger partial charge in [0.25, 0.3) is 0 Å². The first-order valence-electron chi connectivity index (χ1n) is 6.25. The monoisotopic (exact) mass is 255 g/mol. The van der Waals surface area contributed by atoms with E-state index in [9.17, 15) is 0 Å². The van der Waals surface area contributed by atoms with Crippen LogP contribution in [-0.2, 0) is 11.3 Å². The fourth-order valence-electron chi connectivity index (χ4n) is 3.44. The number of nitrogens with zero attached hydrogens (tertiary/aromatic N) is 1. The van der Waals surface area contributed by atoms with Crippen molar-refractivity contribution in [1.29, 1.82) is 0 Å². The van der Waals surface area contributed by atoms with Gasteiger partial charge in [0.2, 0.25) is 0 Å². The van der Waals surface area contributed by atoms with E-state index in [1.807, 2.05) is 19.2 Å². The summed E-state index contributed by atoms with van der Waals surface area (Å²) in [5.41, 5.74) is 0. The quantitative estimate of drug-likeness (QED) is 0.831. The van der Waals surface area contributed by atoms with Gasteiger partial charge in [0.05, 0.1) is 12.6 Å². The zero-order valence-electron chi connectivity index (χ0n) is 10.1. The Bertz CT molecular complexity index is 379. The van der Waals surface area contributed by atoms with Crippen LogP contribution in [0.15, 0.2) is 16.5 Å². The fourth-order valence-corrected chi connectivity index (χ4v) is 3.60. The van der Waals surface area contributed by atoms with Crippen molar-refractivity contribution in [2.24, 2.45) is 11.8 Å². The molecule has 0 radical (unpaired) electrons. The van der Waals surface area contributed by atoms with Gasteiger partial charge in [-0.25, -0.2) is 0 Å². The molecule has 2 fully saturated rings. The van der Waals surface area contributed by atoms with Crippen molar-refractivity contribution in [3.63, 3.8) is 0 Å². The van der Waals surface area contributed by atoms with Gasteiger partial charge >= 0.3 is 0 Å².